The second kappa shape index (κ2) is 6.18. The van der Waals surface area contributed by atoms with Crippen molar-refractivity contribution in [2.24, 2.45) is 0 Å². The third-order valence-electron chi connectivity index (χ3n) is 4.40. The van der Waals surface area contributed by atoms with Gasteiger partial charge in [0.25, 0.3) is 5.91 Å². The first-order valence-electron chi connectivity index (χ1n) is 7.65. The molecule has 22 heavy (non-hydrogen) atoms. The summed E-state index contributed by atoms with van der Waals surface area (Å²) in [5.74, 6) is 0.275. The molecule has 1 aliphatic heterocycles. The van der Waals surface area contributed by atoms with Crippen LogP contribution in [0.1, 0.15) is 40.4 Å². The van der Waals surface area contributed by atoms with Crippen molar-refractivity contribution in [1.82, 2.24) is 9.88 Å². The highest BCUT2D eigenvalue weighted by Gasteiger charge is 2.27. The molecule has 1 saturated heterocycles. The molecule has 1 aromatic carbocycles. The summed E-state index contributed by atoms with van der Waals surface area (Å²) in [5.41, 5.74) is 2.85. The van der Waals surface area contributed by atoms with Gasteiger partial charge in [-0.1, -0.05) is 24.3 Å². The Morgan fingerprint density at radius 1 is 1.18 bits per heavy atom. The van der Waals surface area contributed by atoms with Crippen molar-refractivity contribution in [2.75, 3.05) is 13.1 Å². The van der Waals surface area contributed by atoms with Crippen molar-refractivity contribution in [3.05, 3.63) is 59.4 Å². The number of aryl methyl sites for hydroxylation is 1. The monoisotopic (exact) mass is 296 g/mol. The number of carbonyl (C=O) groups is 1. The van der Waals surface area contributed by atoms with E-state index in [2.05, 4.69) is 36.2 Å². The molecule has 0 saturated carbocycles. The molecule has 4 heteroatoms. The molecule has 2 heterocycles. The average Bonchev–Trinajstić information content (AvgIpc) is 2.55. The van der Waals surface area contributed by atoms with Gasteiger partial charge in [0.05, 0.1) is 0 Å². The highest BCUT2D eigenvalue weighted by Crippen LogP contribution is 2.30. The molecule has 1 aliphatic rings. The van der Waals surface area contributed by atoms with Gasteiger partial charge in [-0.3, -0.25) is 4.79 Å². The molecule has 4 nitrogen and oxygen atoms in total. The maximum absolute atomic E-state index is 12.4. The molecule has 1 fully saturated rings. The SMILES string of the molecule is Cc1ccccc1C1CCN(C(=O)c2ncccc2O)CC1. The summed E-state index contributed by atoms with van der Waals surface area (Å²) in [6.07, 6.45) is 3.43. The second-order valence-corrected chi connectivity index (χ2v) is 5.79. The number of aromatic hydroxyl groups is 1. The molecule has 1 aromatic heterocycles. The first-order valence-corrected chi connectivity index (χ1v) is 7.65. The Labute approximate surface area is 130 Å². The van der Waals surface area contributed by atoms with Crippen LogP contribution in [-0.2, 0) is 0 Å². The first kappa shape index (κ1) is 14.6. The Morgan fingerprint density at radius 2 is 1.91 bits per heavy atom. The van der Waals surface area contributed by atoms with E-state index in [0.29, 0.717) is 19.0 Å². The largest absolute Gasteiger partial charge is 0.505 e. The molecule has 2 aromatic rings. The van der Waals surface area contributed by atoms with Crippen LogP contribution >= 0.6 is 0 Å². The number of hydrogen-bond acceptors (Lipinski definition) is 3. The van der Waals surface area contributed by atoms with Crippen LogP contribution in [0.2, 0.25) is 0 Å². The predicted molar refractivity (Wildman–Crippen MR) is 85.0 cm³/mol. The van der Waals surface area contributed by atoms with Gasteiger partial charge in [0.2, 0.25) is 0 Å². The average molecular weight is 296 g/mol. The number of carbonyl (C=O) groups excluding carboxylic acids is 1. The summed E-state index contributed by atoms with van der Waals surface area (Å²) in [6, 6.07) is 11.6. The number of likely N-dealkylation sites (tertiary alicyclic amines) is 1. The van der Waals surface area contributed by atoms with Crippen molar-refractivity contribution >= 4 is 5.91 Å². The van der Waals surface area contributed by atoms with E-state index < -0.39 is 0 Å². The third-order valence-corrected chi connectivity index (χ3v) is 4.40. The fraction of sp³-hybridized carbons (Fsp3) is 0.333. The van der Waals surface area contributed by atoms with Crippen molar-refractivity contribution in [3.63, 3.8) is 0 Å². The number of piperidine rings is 1. The number of aromatic nitrogens is 1. The summed E-state index contributed by atoms with van der Waals surface area (Å²) < 4.78 is 0. The summed E-state index contributed by atoms with van der Waals surface area (Å²) in [5, 5.41) is 9.77. The van der Waals surface area contributed by atoms with E-state index in [-0.39, 0.29) is 17.4 Å². The van der Waals surface area contributed by atoms with E-state index >= 15 is 0 Å². The van der Waals surface area contributed by atoms with E-state index in [0.717, 1.165) is 12.8 Å². The summed E-state index contributed by atoms with van der Waals surface area (Å²) in [7, 11) is 0. The zero-order chi connectivity index (χ0) is 15.5. The quantitative estimate of drug-likeness (QED) is 0.926. The molecule has 1 N–H and O–H groups in total. The number of hydrogen-bond donors (Lipinski definition) is 1. The topological polar surface area (TPSA) is 53.4 Å². The molecule has 0 unspecified atom stereocenters. The lowest BCUT2D eigenvalue weighted by Crippen LogP contribution is -2.38. The number of pyridine rings is 1. The smallest absolute Gasteiger partial charge is 0.276 e. The van der Waals surface area contributed by atoms with Gasteiger partial charge in [-0.15, -0.1) is 0 Å². The molecule has 0 bridgehead atoms. The predicted octanol–water partition coefficient (Wildman–Crippen LogP) is 3.12. The maximum Gasteiger partial charge on any atom is 0.276 e. The highest BCUT2D eigenvalue weighted by atomic mass is 16.3. The molecule has 114 valence electrons. The first-order chi connectivity index (χ1) is 10.7. The van der Waals surface area contributed by atoms with Crippen molar-refractivity contribution in [2.45, 2.75) is 25.7 Å². The Bertz CT molecular complexity index is 676. The van der Waals surface area contributed by atoms with Gasteiger partial charge in [-0.05, 0) is 48.9 Å². The lowest BCUT2D eigenvalue weighted by Gasteiger charge is -2.32. The second-order valence-electron chi connectivity index (χ2n) is 5.79. The van der Waals surface area contributed by atoms with Gasteiger partial charge in [0, 0.05) is 19.3 Å². The van der Waals surface area contributed by atoms with Crippen LogP contribution in [0, 0.1) is 6.92 Å². The zero-order valence-electron chi connectivity index (χ0n) is 12.7. The summed E-state index contributed by atoms with van der Waals surface area (Å²) in [6.45, 7) is 3.54. The van der Waals surface area contributed by atoms with E-state index in [4.69, 9.17) is 0 Å². The molecule has 0 radical (unpaired) electrons. The van der Waals surface area contributed by atoms with Crippen molar-refractivity contribution in [3.8, 4) is 5.75 Å². The van der Waals surface area contributed by atoms with Gasteiger partial charge in [-0.2, -0.15) is 0 Å². The molecule has 0 aliphatic carbocycles. The molecule has 3 rings (SSSR count). The minimum atomic E-state index is -0.179. The highest BCUT2D eigenvalue weighted by molar-refractivity contribution is 5.94. The fourth-order valence-electron chi connectivity index (χ4n) is 3.15. The minimum Gasteiger partial charge on any atom is -0.505 e. The Kier molecular flexibility index (Phi) is 4.09. The fourth-order valence-corrected chi connectivity index (χ4v) is 3.15. The van der Waals surface area contributed by atoms with Gasteiger partial charge < -0.3 is 10.0 Å². The minimum absolute atomic E-state index is 0.0477. The molecule has 0 spiro atoms. The molecule has 1 amide bonds. The maximum atomic E-state index is 12.4. The van der Waals surface area contributed by atoms with Crippen LogP contribution in [-0.4, -0.2) is 34.0 Å². The van der Waals surface area contributed by atoms with Gasteiger partial charge in [0.1, 0.15) is 5.75 Å². The van der Waals surface area contributed by atoms with Crippen LogP contribution in [0.3, 0.4) is 0 Å². The Morgan fingerprint density at radius 3 is 2.59 bits per heavy atom. The lowest BCUT2D eigenvalue weighted by molar-refractivity contribution is 0.0703. The van der Waals surface area contributed by atoms with Gasteiger partial charge in [-0.25, -0.2) is 4.98 Å². The zero-order valence-corrected chi connectivity index (χ0v) is 12.7. The van der Waals surface area contributed by atoms with Crippen LogP contribution in [0.15, 0.2) is 42.6 Å². The number of amides is 1. The number of benzene rings is 1. The van der Waals surface area contributed by atoms with Gasteiger partial charge >= 0.3 is 0 Å². The summed E-state index contributed by atoms with van der Waals surface area (Å²) in [4.78, 5) is 18.2. The van der Waals surface area contributed by atoms with E-state index in [9.17, 15) is 9.90 Å². The van der Waals surface area contributed by atoms with Crippen LogP contribution in [0.25, 0.3) is 0 Å². The van der Waals surface area contributed by atoms with Crippen LogP contribution in [0.5, 0.6) is 5.75 Å². The number of rotatable bonds is 2. The van der Waals surface area contributed by atoms with Crippen LogP contribution in [0.4, 0.5) is 0 Å². The molecule has 0 atom stereocenters. The van der Waals surface area contributed by atoms with E-state index in [1.54, 1.807) is 11.0 Å². The van der Waals surface area contributed by atoms with Crippen molar-refractivity contribution < 1.29 is 9.90 Å². The van der Waals surface area contributed by atoms with E-state index in [1.807, 2.05) is 0 Å². The Balaban J connectivity index is 1.68. The Hall–Kier alpha value is -2.36. The lowest BCUT2D eigenvalue weighted by atomic mass is 9.87. The van der Waals surface area contributed by atoms with Gasteiger partial charge in [0.15, 0.2) is 5.69 Å². The molecular weight excluding hydrogens is 276 g/mol. The van der Waals surface area contributed by atoms with Crippen LogP contribution < -0.4 is 0 Å². The van der Waals surface area contributed by atoms with Crippen molar-refractivity contribution in [1.29, 1.82) is 0 Å². The normalized spacial score (nSPS) is 15.8. The summed E-state index contributed by atoms with van der Waals surface area (Å²) >= 11 is 0. The third kappa shape index (κ3) is 2.82. The standard InChI is InChI=1S/C18H20N2O2/c1-13-5-2-3-6-15(13)14-8-11-20(12-9-14)18(22)17-16(21)7-4-10-19-17/h2-7,10,14,21H,8-9,11-12H2,1H3. The number of nitrogens with zero attached hydrogens (tertiary/aromatic N) is 2. The molecular formula is C18H20N2O2. The van der Waals surface area contributed by atoms with E-state index in [1.165, 1.54) is 23.4 Å².